The largest absolute Gasteiger partial charge is 0.329 e. The van der Waals surface area contributed by atoms with E-state index >= 15 is 0 Å². The molecule has 2 aromatic rings. The molecule has 2 N–H and O–H groups in total. The molecular weight excluding hydrogens is 236 g/mol. The van der Waals surface area contributed by atoms with Crippen molar-refractivity contribution in [3.8, 4) is 0 Å². The van der Waals surface area contributed by atoms with Crippen LogP contribution in [0.2, 0.25) is 0 Å². The van der Waals surface area contributed by atoms with Crippen LogP contribution in [0.4, 0.5) is 8.78 Å². The van der Waals surface area contributed by atoms with Crippen LogP contribution in [0.25, 0.3) is 0 Å². The van der Waals surface area contributed by atoms with E-state index in [4.69, 9.17) is 5.73 Å². The molecule has 0 aliphatic carbocycles. The molecule has 0 spiro atoms. The molecule has 1 atom stereocenters. The predicted octanol–water partition coefficient (Wildman–Crippen LogP) is 2.62. The Morgan fingerprint density at radius 2 is 2.11 bits per heavy atom. The fraction of sp³-hybridized carbons (Fsp3) is 0.308. The van der Waals surface area contributed by atoms with Crippen LogP contribution < -0.4 is 5.73 Å². The Morgan fingerprint density at radius 3 is 2.78 bits per heavy atom. The van der Waals surface area contributed by atoms with Crippen LogP contribution >= 0.6 is 0 Å². The highest BCUT2D eigenvalue weighted by molar-refractivity contribution is 5.19. The Hall–Kier alpha value is -1.75. The summed E-state index contributed by atoms with van der Waals surface area (Å²) in [5.74, 6) is -1.68. The Bertz CT molecular complexity index is 537. The molecule has 0 aliphatic rings. The van der Waals surface area contributed by atoms with Gasteiger partial charge in [-0.05, 0) is 24.1 Å². The van der Waals surface area contributed by atoms with Crippen molar-refractivity contribution in [3.63, 3.8) is 0 Å². The number of nitrogens with zero attached hydrogens (tertiary/aromatic N) is 2. The lowest BCUT2D eigenvalue weighted by molar-refractivity contribution is 0.506. The first kappa shape index (κ1) is 12.7. The van der Waals surface area contributed by atoms with Crippen molar-refractivity contribution in [1.29, 1.82) is 0 Å². The third kappa shape index (κ3) is 2.56. The van der Waals surface area contributed by atoms with Gasteiger partial charge in [0.2, 0.25) is 0 Å². The monoisotopic (exact) mass is 251 g/mol. The fourth-order valence-electron chi connectivity index (χ4n) is 1.82. The number of hydrogen-bond donors (Lipinski definition) is 1. The molecule has 18 heavy (non-hydrogen) atoms. The molecule has 0 bridgehead atoms. The minimum absolute atomic E-state index is 0.0993. The highest BCUT2D eigenvalue weighted by Gasteiger charge is 2.10. The standard InChI is InChI=1S/C13H15F2N3/c1-2-12(16)13-6-17-8-18(13)7-9-3-4-10(14)11(15)5-9/h3-6,8,12H,2,7,16H2,1H3/t12-/m1/s1. The van der Waals surface area contributed by atoms with Gasteiger partial charge in [-0.2, -0.15) is 0 Å². The van der Waals surface area contributed by atoms with Gasteiger partial charge < -0.3 is 10.3 Å². The Balaban J connectivity index is 2.23. The van der Waals surface area contributed by atoms with Crippen molar-refractivity contribution < 1.29 is 8.78 Å². The molecule has 0 fully saturated rings. The van der Waals surface area contributed by atoms with Gasteiger partial charge >= 0.3 is 0 Å². The second-order valence-corrected chi connectivity index (χ2v) is 4.21. The Labute approximate surface area is 104 Å². The number of imidazole rings is 1. The number of nitrogens with two attached hydrogens (primary N) is 1. The van der Waals surface area contributed by atoms with Crippen LogP contribution in [0.5, 0.6) is 0 Å². The summed E-state index contributed by atoms with van der Waals surface area (Å²) in [5.41, 5.74) is 7.52. The summed E-state index contributed by atoms with van der Waals surface area (Å²) in [6.45, 7) is 2.42. The molecule has 0 saturated carbocycles. The lowest BCUT2D eigenvalue weighted by Gasteiger charge is -2.13. The molecule has 1 aromatic heterocycles. The van der Waals surface area contributed by atoms with E-state index in [1.54, 1.807) is 18.6 Å². The Kier molecular flexibility index (Phi) is 3.72. The van der Waals surface area contributed by atoms with Crippen LogP contribution in [0.15, 0.2) is 30.7 Å². The summed E-state index contributed by atoms with van der Waals surface area (Å²) >= 11 is 0. The molecule has 1 aromatic carbocycles. The van der Waals surface area contributed by atoms with Crippen molar-refractivity contribution in [1.82, 2.24) is 9.55 Å². The zero-order valence-corrected chi connectivity index (χ0v) is 10.1. The first-order valence-corrected chi connectivity index (χ1v) is 5.81. The highest BCUT2D eigenvalue weighted by atomic mass is 19.2. The average Bonchev–Trinajstić information content (AvgIpc) is 2.81. The normalized spacial score (nSPS) is 12.7. The molecule has 3 nitrogen and oxygen atoms in total. The molecule has 96 valence electrons. The molecule has 0 saturated heterocycles. The van der Waals surface area contributed by atoms with Crippen molar-refractivity contribution >= 4 is 0 Å². The van der Waals surface area contributed by atoms with Crippen molar-refractivity contribution in [2.24, 2.45) is 5.73 Å². The van der Waals surface area contributed by atoms with Crippen LogP contribution in [0.1, 0.15) is 30.6 Å². The van der Waals surface area contributed by atoms with Gasteiger partial charge in [-0.15, -0.1) is 0 Å². The van der Waals surface area contributed by atoms with Crippen LogP contribution in [0.3, 0.4) is 0 Å². The minimum atomic E-state index is -0.839. The zero-order valence-electron chi connectivity index (χ0n) is 10.1. The van der Waals surface area contributed by atoms with E-state index in [1.165, 1.54) is 6.07 Å². The van der Waals surface area contributed by atoms with Crippen molar-refractivity contribution in [3.05, 3.63) is 53.6 Å². The number of hydrogen-bond acceptors (Lipinski definition) is 2. The Morgan fingerprint density at radius 1 is 1.33 bits per heavy atom. The average molecular weight is 251 g/mol. The van der Waals surface area contributed by atoms with E-state index in [-0.39, 0.29) is 6.04 Å². The summed E-state index contributed by atoms with van der Waals surface area (Å²) in [5, 5.41) is 0. The maximum absolute atomic E-state index is 13.1. The highest BCUT2D eigenvalue weighted by Crippen LogP contribution is 2.16. The van der Waals surface area contributed by atoms with Gasteiger partial charge in [0.15, 0.2) is 11.6 Å². The van der Waals surface area contributed by atoms with E-state index in [9.17, 15) is 8.78 Å². The maximum Gasteiger partial charge on any atom is 0.159 e. The van der Waals surface area contributed by atoms with E-state index in [0.717, 1.165) is 18.2 Å². The molecular formula is C13H15F2N3. The first-order chi connectivity index (χ1) is 8.61. The van der Waals surface area contributed by atoms with Gasteiger partial charge in [-0.25, -0.2) is 13.8 Å². The SMILES string of the molecule is CC[C@@H](N)c1cncn1Cc1ccc(F)c(F)c1. The van der Waals surface area contributed by atoms with Gasteiger partial charge in [0.25, 0.3) is 0 Å². The van der Waals surface area contributed by atoms with Crippen LogP contribution in [-0.2, 0) is 6.54 Å². The molecule has 0 unspecified atom stereocenters. The third-order valence-corrected chi connectivity index (χ3v) is 2.90. The quantitative estimate of drug-likeness (QED) is 0.907. The molecule has 0 aliphatic heterocycles. The van der Waals surface area contributed by atoms with Gasteiger partial charge in [-0.1, -0.05) is 13.0 Å². The van der Waals surface area contributed by atoms with Gasteiger partial charge in [0.05, 0.1) is 12.0 Å². The minimum Gasteiger partial charge on any atom is -0.329 e. The van der Waals surface area contributed by atoms with E-state index < -0.39 is 11.6 Å². The predicted molar refractivity (Wildman–Crippen MR) is 64.9 cm³/mol. The summed E-state index contributed by atoms with van der Waals surface area (Å²) in [4.78, 5) is 4.04. The van der Waals surface area contributed by atoms with Gasteiger partial charge in [0, 0.05) is 18.8 Å². The zero-order chi connectivity index (χ0) is 13.1. The molecule has 0 radical (unpaired) electrons. The van der Waals surface area contributed by atoms with E-state index in [1.807, 2.05) is 11.5 Å². The molecule has 2 rings (SSSR count). The topological polar surface area (TPSA) is 43.8 Å². The third-order valence-electron chi connectivity index (χ3n) is 2.90. The summed E-state index contributed by atoms with van der Waals surface area (Å²) in [6, 6.07) is 3.77. The number of halogens is 2. The molecule has 1 heterocycles. The lowest BCUT2D eigenvalue weighted by Crippen LogP contribution is -2.14. The second kappa shape index (κ2) is 5.27. The molecule has 5 heteroatoms. The molecule has 0 amide bonds. The number of rotatable bonds is 4. The second-order valence-electron chi connectivity index (χ2n) is 4.21. The smallest absolute Gasteiger partial charge is 0.159 e. The number of benzene rings is 1. The summed E-state index contributed by atoms with van der Waals surface area (Å²) in [7, 11) is 0. The summed E-state index contributed by atoms with van der Waals surface area (Å²) < 4.78 is 27.8. The van der Waals surface area contributed by atoms with Gasteiger partial charge in [0.1, 0.15) is 0 Å². The van der Waals surface area contributed by atoms with Crippen LogP contribution in [0, 0.1) is 11.6 Å². The van der Waals surface area contributed by atoms with E-state index in [2.05, 4.69) is 4.98 Å². The van der Waals surface area contributed by atoms with E-state index in [0.29, 0.717) is 12.1 Å². The fourth-order valence-corrected chi connectivity index (χ4v) is 1.82. The summed E-state index contributed by atoms with van der Waals surface area (Å²) in [6.07, 6.45) is 4.14. The van der Waals surface area contributed by atoms with Crippen LogP contribution in [-0.4, -0.2) is 9.55 Å². The lowest BCUT2D eigenvalue weighted by atomic mass is 10.1. The number of aromatic nitrogens is 2. The van der Waals surface area contributed by atoms with Gasteiger partial charge in [-0.3, -0.25) is 0 Å². The van der Waals surface area contributed by atoms with Crippen molar-refractivity contribution in [2.45, 2.75) is 25.9 Å². The van der Waals surface area contributed by atoms with Crippen molar-refractivity contribution in [2.75, 3.05) is 0 Å². The maximum atomic E-state index is 13.1. The first-order valence-electron chi connectivity index (χ1n) is 5.81.